The molecule has 1 aromatic carbocycles. The van der Waals surface area contributed by atoms with Crippen molar-refractivity contribution in [1.82, 2.24) is 5.32 Å². The van der Waals surface area contributed by atoms with Gasteiger partial charge in [-0.15, -0.1) is 0 Å². The quantitative estimate of drug-likeness (QED) is 0.909. The van der Waals surface area contributed by atoms with E-state index in [4.69, 9.17) is 0 Å². The Balaban J connectivity index is 1.95. The maximum Gasteiger partial charge on any atom is 0.237 e. The summed E-state index contributed by atoms with van der Waals surface area (Å²) in [6, 6.07) is 12.1. The average molecular weight is 302 g/mol. The van der Waals surface area contributed by atoms with Crippen LogP contribution in [0.2, 0.25) is 0 Å². The van der Waals surface area contributed by atoms with E-state index in [1.165, 1.54) is 6.42 Å². The molecule has 3 unspecified atom stereocenters. The van der Waals surface area contributed by atoms with Crippen LogP contribution in [0, 0.1) is 17.2 Å². The van der Waals surface area contributed by atoms with Gasteiger partial charge in [0.25, 0.3) is 0 Å². The van der Waals surface area contributed by atoms with Gasteiger partial charge in [0, 0.05) is 11.3 Å². The van der Waals surface area contributed by atoms with Crippen molar-refractivity contribution in [3.8, 4) is 6.07 Å². The molecule has 1 aliphatic carbocycles. The van der Waals surface area contributed by atoms with Gasteiger partial charge in [0.15, 0.2) is 0 Å². The van der Waals surface area contributed by atoms with Crippen LogP contribution in [0.5, 0.6) is 0 Å². The van der Waals surface area contributed by atoms with Crippen LogP contribution >= 0.6 is 11.8 Å². The molecule has 0 spiro atoms. The lowest BCUT2D eigenvalue weighted by atomic mass is 9.93. The highest BCUT2D eigenvalue weighted by atomic mass is 32.2. The SMILES string of the molecule is CSC1CCCCC1NC(=O)C(C#N)Cc1ccccc1. The molecule has 112 valence electrons. The maximum atomic E-state index is 12.4. The average Bonchev–Trinajstić information content (AvgIpc) is 2.54. The highest BCUT2D eigenvalue weighted by Crippen LogP contribution is 2.27. The van der Waals surface area contributed by atoms with Crippen LogP contribution in [0.3, 0.4) is 0 Å². The minimum atomic E-state index is -0.600. The lowest BCUT2D eigenvalue weighted by molar-refractivity contribution is -0.124. The lowest BCUT2D eigenvalue weighted by Gasteiger charge is -2.31. The molecule has 0 aromatic heterocycles. The molecule has 1 N–H and O–H groups in total. The molecule has 1 amide bonds. The van der Waals surface area contributed by atoms with E-state index in [-0.39, 0.29) is 11.9 Å². The number of benzene rings is 1. The first-order valence-electron chi connectivity index (χ1n) is 7.51. The van der Waals surface area contributed by atoms with Crippen LogP contribution in [0.15, 0.2) is 30.3 Å². The van der Waals surface area contributed by atoms with Crippen molar-refractivity contribution in [2.24, 2.45) is 5.92 Å². The number of hydrogen-bond acceptors (Lipinski definition) is 3. The summed E-state index contributed by atoms with van der Waals surface area (Å²) < 4.78 is 0. The largest absolute Gasteiger partial charge is 0.351 e. The van der Waals surface area contributed by atoms with Crippen molar-refractivity contribution in [3.05, 3.63) is 35.9 Å². The van der Waals surface area contributed by atoms with E-state index in [1.807, 2.05) is 42.1 Å². The van der Waals surface area contributed by atoms with E-state index >= 15 is 0 Å². The third kappa shape index (κ3) is 4.50. The molecule has 2 rings (SSSR count). The molecule has 4 heteroatoms. The van der Waals surface area contributed by atoms with Gasteiger partial charge in [-0.2, -0.15) is 17.0 Å². The van der Waals surface area contributed by atoms with E-state index < -0.39 is 5.92 Å². The van der Waals surface area contributed by atoms with Crippen LogP contribution in [-0.4, -0.2) is 23.5 Å². The molecule has 0 radical (unpaired) electrons. The fraction of sp³-hybridized carbons (Fsp3) is 0.529. The maximum absolute atomic E-state index is 12.4. The van der Waals surface area contributed by atoms with E-state index in [0.717, 1.165) is 24.8 Å². The number of carbonyl (C=O) groups excluding carboxylic acids is 1. The number of hydrogen-bond donors (Lipinski definition) is 1. The summed E-state index contributed by atoms with van der Waals surface area (Å²) in [5.74, 6) is -0.718. The topological polar surface area (TPSA) is 52.9 Å². The van der Waals surface area contributed by atoms with Gasteiger partial charge in [-0.05, 0) is 31.1 Å². The summed E-state index contributed by atoms with van der Waals surface area (Å²) in [5.41, 5.74) is 1.03. The van der Waals surface area contributed by atoms with Gasteiger partial charge in [-0.25, -0.2) is 0 Å². The van der Waals surface area contributed by atoms with Gasteiger partial charge in [-0.1, -0.05) is 43.2 Å². The lowest BCUT2D eigenvalue weighted by Crippen LogP contribution is -2.46. The number of thioether (sulfide) groups is 1. The highest BCUT2D eigenvalue weighted by Gasteiger charge is 2.28. The molecule has 0 saturated heterocycles. The fourth-order valence-corrected chi connectivity index (χ4v) is 3.81. The van der Waals surface area contributed by atoms with Gasteiger partial charge in [-0.3, -0.25) is 4.79 Å². The van der Waals surface area contributed by atoms with E-state index in [1.54, 1.807) is 0 Å². The van der Waals surface area contributed by atoms with Crippen molar-refractivity contribution < 1.29 is 4.79 Å². The molecule has 3 nitrogen and oxygen atoms in total. The third-order valence-electron chi connectivity index (χ3n) is 4.09. The minimum Gasteiger partial charge on any atom is -0.351 e. The molecule has 1 fully saturated rings. The number of amides is 1. The molecule has 1 aromatic rings. The first-order valence-corrected chi connectivity index (χ1v) is 8.80. The number of carbonyl (C=O) groups is 1. The third-order valence-corrected chi connectivity index (χ3v) is 5.26. The number of nitriles is 1. The van der Waals surface area contributed by atoms with Gasteiger partial charge >= 0.3 is 0 Å². The molecular formula is C17H22N2OS. The van der Waals surface area contributed by atoms with Gasteiger partial charge in [0.05, 0.1) is 6.07 Å². The zero-order valence-electron chi connectivity index (χ0n) is 12.4. The highest BCUT2D eigenvalue weighted by molar-refractivity contribution is 7.99. The summed E-state index contributed by atoms with van der Waals surface area (Å²) in [6.07, 6.45) is 7.17. The molecule has 21 heavy (non-hydrogen) atoms. The minimum absolute atomic E-state index is 0.118. The normalized spacial score (nSPS) is 23.0. The van der Waals surface area contributed by atoms with Crippen LogP contribution in [0.1, 0.15) is 31.2 Å². The fourth-order valence-electron chi connectivity index (χ4n) is 2.87. The van der Waals surface area contributed by atoms with E-state index in [0.29, 0.717) is 11.7 Å². The van der Waals surface area contributed by atoms with E-state index in [9.17, 15) is 10.1 Å². The summed E-state index contributed by atoms with van der Waals surface area (Å²) in [4.78, 5) is 12.4. The second-order valence-electron chi connectivity index (χ2n) is 5.55. The van der Waals surface area contributed by atoms with Crippen LogP contribution in [0.25, 0.3) is 0 Å². The smallest absolute Gasteiger partial charge is 0.237 e. The Kier molecular flexibility index (Phi) is 6.13. The molecule has 0 heterocycles. The monoisotopic (exact) mass is 302 g/mol. The molecule has 0 aliphatic heterocycles. The van der Waals surface area contributed by atoms with Crippen molar-refractivity contribution >= 4 is 17.7 Å². The van der Waals surface area contributed by atoms with Crippen molar-refractivity contribution in [2.45, 2.75) is 43.4 Å². The zero-order valence-corrected chi connectivity index (χ0v) is 13.2. The second-order valence-corrected chi connectivity index (χ2v) is 6.62. The van der Waals surface area contributed by atoms with Crippen LogP contribution < -0.4 is 5.32 Å². The second kappa shape index (κ2) is 8.09. The standard InChI is InChI=1S/C17H22N2OS/c1-21-16-10-6-5-9-15(16)19-17(20)14(12-18)11-13-7-3-2-4-8-13/h2-4,7-8,14-16H,5-6,9-11H2,1H3,(H,19,20). The molecule has 0 bridgehead atoms. The van der Waals surface area contributed by atoms with Crippen molar-refractivity contribution in [3.63, 3.8) is 0 Å². The Hall–Kier alpha value is -1.47. The predicted molar refractivity (Wildman–Crippen MR) is 87.0 cm³/mol. The zero-order chi connectivity index (χ0) is 15.1. The summed E-state index contributed by atoms with van der Waals surface area (Å²) in [6.45, 7) is 0. The Morgan fingerprint density at radius 3 is 2.76 bits per heavy atom. The molecular weight excluding hydrogens is 280 g/mol. The Bertz CT molecular complexity index is 497. The van der Waals surface area contributed by atoms with Crippen LogP contribution in [0.4, 0.5) is 0 Å². The van der Waals surface area contributed by atoms with Gasteiger partial charge in [0.1, 0.15) is 5.92 Å². The van der Waals surface area contributed by atoms with Crippen LogP contribution in [-0.2, 0) is 11.2 Å². The Morgan fingerprint density at radius 1 is 1.38 bits per heavy atom. The van der Waals surface area contributed by atoms with Crippen molar-refractivity contribution in [1.29, 1.82) is 5.26 Å². The Labute approximate surface area is 131 Å². The summed E-state index contributed by atoms with van der Waals surface area (Å²) >= 11 is 1.82. The first kappa shape index (κ1) is 15.9. The van der Waals surface area contributed by atoms with Gasteiger partial charge in [0.2, 0.25) is 5.91 Å². The molecule has 1 saturated carbocycles. The number of nitrogens with one attached hydrogen (secondary N) is 1. The Morgan fingerprint density at radius 2 is 2.10 bits per heavy atom. The number of rotatable bonds is 5. The van der Waals surface area contributed by atoms with Gasteiger partial charge < -0.3 is 5.32 Å². The first-order chi connectivity index (χ1) is 10.2. The van der Waals surface area contributed by atoms with Crippen molar-refractivity contribution in [2.75, 3.05) is 6.26 Å². The predicted octanol–water partition coefficient (Wildman–Crippen LogP) is 3.16. The van der Waals surface area contributed by atoms with E-state index in [2.05, 4.69) is 17.6 Å². The molecule has 3 atom stereocenters. The summed E-state index contributed by atoms with van der Waals surface area (Å²) in [5, 5.41) is 12.9. The molecule has 1 aliphatic rings. The summed E-state index contributed by atoms with van der Waals surface area (Å²) in [7, 11) is 0. The number of nitrogens with zero attached hydrogens (tertiary/aromatic N) is 1.